The van der Waals surface area contributed by atoms with Gasteiger partial charge in [0, 0.05) is 11.0 Å². The van der Waals surface area contributed by atoms with Gasteiger partial charge in [-0.05, 0) is 23.3 Å². The van der Waals surface area contributed by atoms with Gasteiger partial charge in [-0.25, -0.2) is 5.43 Å². The van der Waals surface area contributed by atoms with Crippen LogP contribution < -0.4 is 5.43 Å². The molecule has 1 atom stereocenters. The maximum atomic E-state index is 12.0. The van der Waals surface area contributed by atoms with Gasteiger partial charge in [-0.1, -0.05) is 58.4 Å². The van der Waals surface area contributed by atoms with Crippen LogP contribution in [0, 0.1) is 0 Å². The van der Waals surface area contributed by atoms with E-state index in [0.29, 0.717) is 26.1 Å². The summed E-state index contributed by atoms with van der Waals surface area (Å²) >= 11 is 3.45. The van der Waals surface area contributed by atoms with E-state index in [4.69, 9.17) is 4.74 Å². The van der Waals surface area contributed by atoms with Crippen LogP contribution in [0.15, 0.2) is 59.1 Å². The van der Waals surface area contributed by atoms with Crippen LogP contribution in [-0.4, -0.2) is 23.6 Å². The van der Waals surface area contributed by atoms with Gasteiger partial charge in [0.15, 0.2) is 0 Å². The lowest BCUT2D eigenvalue weighted by atomic mass is 10.2. The molecule has 1 N–H and O–H groups in total. The molecule has 0 aliphatic carbocycles. The van der Waals surface area contributed by atoms with Crippen molar-refractivity contribution in [3.63, 3.8) is 0 Å². The molecule has 2 aromatic carbocycles. The third-order valence-corrected chi connectivity index (χ3v) is 4.27. The summed E-state index contributed by atoms with van der Waals surface area (Å²) in [5, 5.41) is 1.67. The van der Waals surface area contributed by atoms with Crippen LogP contribution >= 0.6 is 15.9 Å². The fourth-order valence-electron chi connectivity index (χ4n) is 2.56. The zero-order valence-electron chi connectivity index (χ0n) is 12.7. The number of hydrazine groups is 1. The van der Waals surface area contributed by atoms with Gasteiger partial charge in [-0.15, -0.1) is 0 Å². The van der Waals surface area contributed by atoms with E-state index < -0.39 is 0 Å². The molecule has 0 aromatic heterocycles. The fraction of sp³-hybridized carbons (Fsp3) is 0.278. The fourth-order valence-corrected chi connectivity index (χ4v) is 3.01. The molecule has 1 amide bonds. The Labute approximate surface area is 144 Å². The Bertz CT molecular complexity index is 663. The molecule has 4 nitrogen and oxygen atoms in total. The Balaban J connectivity index is 1.47. The topological polar surface area (TPSA) is 41.6 Å². The van der Waals surface area contributed by atoms with Crippen LogP contribution in [0.25, 0.3) is 0 Å². The Morgan fingerprint density at radius 1 is 1.13 bits per heavy atom. The largest absolute Gasteiger partial charge is 0.371 e. The van der Waals surface area contributed by atoms with E-state index in [2.05, 4.69) is 21.4 Å². The third kappa shape index (κ3) is 4.64. The number of rotatable bonds is 6. The maximum absolute atomic E-state index is 12.0. The van der Waals surface area contributed by atoms with E-state index in [1.165, 1.54) is 0 Å². The summed E-state index contributed by atoms with van der Waals surface area (Å²) in [4.78, 5) is 12.0. The molecule has 0 radical (unpaired) electrons. The van der Waals surface area contributed by atoms with E-state index in [9.17, 15) is 4.79 Å². The summed E-state index contributed by atoms with van der Waals surface area (Å²) in [6.07, 6.45) is 0.361. The molecule has 1 aliphatic rings. The summed E-state index contributed by atoms with van der Waals surface area (Å²) in [6.45, 7) is 1.74. The molecule has 0 spiro atoms. The monoisotopic (exact) mass is 374 g/mol. The van der Waals surface area contributed by atoms with Crippen LogP contribution in [0.2, 0.25) is 0 Å². The Morgan fingerprint density at radius 3 is 2.70 bits per heavy atom. The summed E-state index contributed by atoms with van der Waals surface area (Å²) < 4.78 is 6.91. The summed E-state index contributed by atoms with van der Waals surface area (Å²) in [5.41, 5.74) is 5.43. The summed E-state index contributed by atoms with van der Waals surface area (Å²) in [7, 11) is 0. The lowest BCUT2D eigenvalue weighted by molar-refractivity contribution is -0.130. The number of hydrogen-bond donors (Lipinski definition) is 1. The number of hydrogen-bond acceptors (Lipinski definition) is 3. The van der Waals surface area contributed by atoms with E-state index in [-0.39, 0.29) is 12.0 Å². The molecule has 5 heteroatoms. The second-order valence-electron chi connectivity index (χ2n) is 5.59. The van der Waals surface area contributed by atoms with Crippen LogP contribution in [-0.2, 0) is 22.7 Å². The second-order valence-corrected chi connectivity index (χ2v) is 6.51. The highest BCUT2D eigenvalue weighted by molar-refractivity contribution is 9.10. The summed E-state index contributed by atoms with van der Waals surface area (Å²) in [5.74, 6) is 0.0835. The molecular formula is C18H19BrN2O2. The number of carbonyl (C=O) groups excluding carboxylic acids is 1. The van der Waals surface area contributed by atoms with Crippen molar-refractivity contribution in [3.05, 3.63) is 70.2 Å². The van der Waals surface area contributed by atoms with Gasteiger partial charge < -0.3 is 4.74 Å². The number of carbonyl (C=O) groups is 1. The molecule has 0 bridgehead atoms. The van der Waals surface area contributed by atoms with Gasteiger partial charge in [-0.3, -0.25) is 9.80 Å². The number of halogens is 1. The average molecular weight is 375 g/mol. The molecule has 23 heavy (non-hydrogen) atoms. The first-order valence-electron chi connectivity index (χ1n) is 7.64. The first-order valence-corrected chi connectivity index (χ1v) is 8.44. The second kappa shape index (κ2) is 7.73. The van der Waals surface area contributed by atoms with Crippen molar-refractivity contribution in [2.45, 2.75) is 25.7 Å². The predicted molar refractivity (Wildman–Crippen MR) is 92.3 cm³/mol. The predicted octanol–water partition coefficient (Wildman–Crippen LogP) is 3.27. The first kappa shape index (κ1) is 16.2. The molecule has 3 rings (SSSR count). The van der Waals surface area contributed by atoms with Crippen LogP contribution in [0.1, 0.15) is 17.5 Å². The van der Waals surface area contributed by atoms with Crippen LogP contribution in [0.4, 0.5) is 0 Å². The normalized spacial score (nSPS) is 17.7. The highest BCUT2D eigenvalue weighted by atomic mass is 79.9. The molecule has 120 valence electrons. The van der Waals surface area contributed by atoms with Crippen molar-refractivity contribution >= 4 is 21.8 Å². The van der Waals surface area contributed by atoms with E-state index >= 15 is 0 Å². The molecule has 1 aliphatic heterocycles. The zero-order valence-corrected chi connectivity index (χ0v) is 14.3. The SMILES string of the molecule is O=C1CC(OCc2cccc(Br)c2)CN1NCc1ccccc1. The molecule has 1 fully saturated rings. The Morgan fingerprint density at radius 2 is 1.91 bits per heavy atom. The van der Waals surface area contributed by atoms with Crippen LogP contribution in [0.5, 0.6) is 0 Å². The molecule has 1 saturated heterocycles. The number of amides is 1. The van der Waals surface area contributed by atoms with Crippen molar-refractivity contribution in [1.82, 2.24) is 10.4 Å². The van der Waals surface area contributed by atoms with Crippen molar-refractivity contribution in [2.75, 3.05) is 6.54 Å². The number of ether oxygens (including phenoxy) is 1. The first-order chi connectivity index (χ1) is 11.2. The molecule has 1 heterocycles. The Kier molecular flexibility index (Phi) is 5.43. The minimum absolute atomic E-state index is 0.0650. The van der Waals surface area contributed by atoms with Crippen molar-refractivity contribution in [1.29, 1.82) is 0 Å². The van der Waals surface area contributed by atoms with E-state index in [1.807, 2.05) is 54.6 Å². The van der Waals surface area contributed by atoms with Crippen LogP contribution in [0.3, 0.4) is 0 Å². The standard InChI is InChI=1S/C18H19BrN2O2/c19-16-8-4-7-15(9-16)13-23-17-10-18(22)21(12-17)20-11-14-5-2-1-3-6-14/h1-9,17,20H,10-13H2. The minimum Gasteiger partial charge on any atom is -0.371 e. The van der Waals surface area contributed by atoms with Crippen molar-refractivity contribution in [3.8, 4) is 0 Å². The van der Waals surface area contributed by atoms with Crippen molar-refractivity contribution < 1.29 is 9.53 Å². The molecular weight excluding hydrogens is 356 g/mol. The van der Waals surface area contributed by atoms with E-state index in [0.717, 1.165) is 15.6 Å². The number of nitrogens with one attached hydrogen (secondary N) is 1. The van der Waals surface area contributed by atoms with Gasteiger partial charge in [0.05, 0.1) is 25.7 Å². The quantitative estimate of drug-likeness (QED) is 0.843. The lowest BCUT2D eigenvalue weighted by Crippen LogP contribution is -2.39. The maximum Gasteiger partial charge on any atom is 0.239 e. The Hall–Kier alpha value is -1.69. The van der Waals surface area contributed by atoms with Gasteiger partial charge in [0.2, 0.25) is 5.91 Å². The number of benzene rings is 2. The van der Waals surface area contributed by atoms with Gasteiger partial charge in [-0.2, -0.15) is 0 Å². The molecule has 0 saturated carbocycles. The molecule has 1 unspecified atom stereocenters. The third-order valence-electron chi connectivity index (χ3n) is 3.78. The zero-order chi connectivity index (χ0) is 16.1. The highest BCUT2D eigenvalue weighted by Crippen LogP contribution is 2.17. The smallest absolute Gasteiger partial charge is 0.239 e. The summed E-state index contributed by atoms with van der Waals surface area (Å²) in [6, 6.07) is 18.1. The average Bonchev–Trinajstić information content (AvgIpc) is 2.92. The van der Waals surface area contributed by atoms with Gasteiger partial charge in [0.1, 0.15) is 0 Å². The lowest BCUT2D eigenvalue weighted by Gasteiger charge is -2.18. The van der Waals surface area contributed by atoms with Gasteiger partial charge in [0.25, 0.3) is 0 Å². The molecule has 2 aromatic rings. The van der Waals surface area contributed by atoms with Crippen molar-refractivity contribution in [2.24, 2.45) is 0 Å². The van der Waals surface area contributed by atoms with E-state index in [1.54, 1.807) is 5.01 Å². The van der Waals surface area contributed by atoms with Gasteiger partial charge >= 0.3 is 0 Å². The highest BCUT2D eigenvalue weighted by Gasteiger charge is 2.30. The number of nitrogens with zero attached hydrogens (tertiary/aromatic N) is 1. The minimum atomic E-state index is -0.0650.